The van der Waals surface area contributed by atoms with Crippen molar-refractivity contribution in [2.24, 2.45) is 0 Å². The Morgan fingerprint density at radius 3 is 2.45 bits per heavy atom. The van der Waals surface area contributed by atoms with Crippen LogP contribution in [0, 0.1) is 0 Å². The second-order valence-electron chi connectivity index (χ2n) is 8.03. The van der Waals surface area contributed by atoms with Crippen LogP contribution in [0.1, 0.15) is 50.2 Å². The van der Waals surface area contributed by atoms with Crippen molar-refractivity contribution in [2.45, 2.75) is 51.0 Å². The maximum Gasteiger partial charge on any atom is 0.407 e. The topological polar surface area (TPSA) is 114 Å². The predicted molar refractivity (Wildman–Crippen MR) is 123 cm³/mol. The monoisotopic (exact) mass is 451 g/mol. The number of amides is 4. The molecular formula is C25H29N3O5. The number of carbonyl (C=O) groups is 4. The minimum Gasteiger partial charge on any atom is -0.445 e. The summed E-state index contributed by atoms with van der Waals surface area (Å²) in [4.78, 5) is 47.9. The first kappa shape index (κ1) is 24.0. The van der Waals surface area contributed by atoms with Gasteiger partial charge in [0.05, 0.1) is 5.41 Å². The summed E-state index contributed by atoms with van der Waals surface area (Å²) in [5.74, 6) is -0.687. The van der Waals surface area contributed by atoms with Gasteiger partial charge < -0.3 is 15.4 Å². The molecule has 0 saturated carbocycles. The lowest BCUT2D eigenvalue weighted by molar-refractivity contribution is -0.138. The van der Waals surface area contributed by atoms with Crippen LogP contribution in [0.25, 0.3) is 0 Å². The Labute approximate surface area is 193 Å². The molecule has 0 bridgehead atoms. The number of carbonyl (C=O) groups excluding carboxylic acids is 4. The van der Waals surface area contributed by atoms with Crippen LogP contribution in [0.3, 0.4) is 0 Å². The Morgan fingerprint density at radius 1 is 1.06 bits per heavy atom. The number of alkyl carbamates (subject to hydrolysis) is 1. The molecule has 0 spiro atoms. The Hall–Kier alpha value is -3.68. The molecule has 1 saturated heterocycles. The fourth-order valence-electron chi connectivity index (χ4n) is 3.88. The number of hydrogen-bond acceptors (Lipinski definition) is 5. The number of nitrogens with one attached hydrogen (secondary N) is 3. The molecule has 3 rings (SSSR count). The Kier molecular flexibility index (Phi) is 8.18. The zero-order chi connectivity index (χ0) is 23.7. The molecule has 1 heterocycles. The molecule has 1 aliphatic heterocycles. The number of rotatable bonds is 9. The lowest BCUT2D eigenvalue weighted by Gasteiger charge is -2.35. The van der Waals surface area contributed by atoms with Gasteiger partial charge in [-0.05, 0) is 42.5 Å². The fourth-order valence-corrected chi connectivity index (χ4v) is 3.88. The minimum atomic E-state index is -0.725. The summed E-state index contributed by atoms with van der Waals surface area (Å²) in [6.45, 7) is 2.45. The third kappa shape index (κ3) is 6.41. The van der Waals surface area contributed by atoms with Gasteiger partial charge in [0.25, 0.3) is 0 Å². The maximum atomic E-state index is 12.5. The van der Waals surface area contributed by atoms with E-state index in [0.29, 0.717) is 37.9 Å². The van der Waals surface area contributed by atoms with Gasteiger partial charge in [-0.3, -0.25) is 19.7 Å². The van der Waals surface area contributed by atoms with Gasteiger partial charge in [-0.2, -0.15) is 0 Å². The molecule has 3 N–H and O–H groups in total. The molecule has 8 heteroatoms. The Bertz CT molecular complexity index is 991. The van der Waals surface area contributed by atoms with Gasteiger partial charge in [-0.15, -0.1) is 0 Å². The zero-order valence-electron chi connectivity index (χ0n) is 18.7. The standard InChI is InChI=1S/C25H29N3O5/c1-2-25(15-14-22(30)28-23(25)31)19-10-12-20(13-11-19)27-21(29)9-6-16-26-24(32)33-17-18-7-4-3-5-8-18/h3-5,7-8,10-13H,2,6,9,14-17H2,1H3,(H,26,32)(H,27,29)(H,28,30,31). The van der Waals surface area contributed by atoms with Gasteiger partial charge >= 0.3 is 6.09 Å². The van der Waals surface area contributed by atoms with E-state index >= 15 is 0 Å². The molecule has 33 heavy (non-hydrogen) atoms. The molecule has 1 unspecified atom stereocenters. The SMILES string of the molecule is CCC1(c2ccc(NC(=O)CCCNC(=O)OCc3ccccc3)cc2)CCC(=O)NC1=O. The highest BCUT2D eigenvalue weighted by Gasteiger charge is 2.42. The van der Waals surface area contributed by atoms with Crippen molar-refractivity contribution in [1.29, 1.82) is 0 Å². The molecule has 2 aromatic carbocycles. The summed E-state index contributed by atoms with van der Waals surface area (Å²) >= 11 is 0. The van der Waals surface area contributed by atoms with Gasteiger partial charge in [0.1, 0.15) is 6.61 Å². The molecule has 1 aliphatic rings. The summed E-state index contributed by atoms with van der Waals surface area (Å²) in [5, 5.41) is 7.88. The fraction of sp³-hybridized carbons (Fsp3) is 0.360. The quantitative estimate of drug-likeness (QED) is 0.399. The van der Waals surface area contributed by atoms with Crippen molar-refractivity contribution in [3.05, 3.63) is 65.7 Å². The normalized spacial score (nSPS) is 17.7. The highest BCUT2D eigenvalue weighted by molar-refractivity contribution is 6.03. The zero-order valence-corrected chi connectivity index (χ0v) is 18.7. The van der Waals surface area contributed by atoms with Crippen LogP contribution >= 0.6 is 0 Å². The van der Waals surface area contributed by atoms with Gasteiger partial charge in [0.15, 0.2) is 0 Å². The maximum absolute atomic E-state index is 12.5. The average molecular weight is 452 g/mol. The second kappa shape index (κ2) is 11.3. The highest BCUT2D eigenvalue weighted by atomic mass is 16.5. The van der Waals surface area contributed by atoms with Gasteiger partial charge in [0, 0.05) is 25.1 Å². The van der Waals surface area contributed by atoms with Crippen LogP contribution in [0.15, 0.2) is 54.6 Å². The smallest absolute Gasteiger partial charge is 0.407 e. The first-order valence-corrected chi connectivity index (χ1v) is 11.1. The van der Waals surface area contributed by atoms with Crippen molar-refractivity contribution < 1.29 is 23.9 Å². The van der Waals surface area contributed by atoms with Crippen LogP contribution in [0.5, 0.6) is 0 Å². The van der Waals surface area contributed by atoms with Crippen LogP contribution < -0.4 is 16.0 Å². The van der Waals surface area contributed by atoms with E-state index in [2.05, 4.69) is 16.0 Å². The predicted octanol–water partition coefficient (Wildman–Crippen LogP) is 3.42. The summed E-state index contributed by atoms with van der Waals surface area (Å²) in [6.07, 6.45) is 1.56. The van der Waals surface area contributed by atoms with E-state index < -0.39 is 11.5 Å². The second-order valence-corrected chi connectivity index (χ2v) is 8.03. The summed E-state index contributed by atoms with van der Waals surface area (Å²) in [6, 6.07) is 16.5. The van der Waals surface area contributed by atoms with E-state index in [-0.39, 0.29) is 30.7 Å². The van der Waals surface area contributed by atoms with Crippen molar-refractivity contribution in [2.75, 3.05) is 11.9 Å². The average Bonchev–Trinajstić information content (AvgIpc) is 2.82. The molecule has 0 aromatic heterocycles. The van der Waals surface area contributed by atoms with E-state index in [1.807, 2.05) is 49.4 Å². The first-order chi connectivity index (χ1) is 15.9. The third-order valence-corrected chi connectivity index (χ3v) is 5.85. The molecule has 8 nitrogen and oxygen atoms in total. The van der Waals surface area contributed by atoms with Crippen LogP contribution in [0.4, 0.5) is 10.5 Å². The number of ether oxygens (including phenoxy) is 1. The molecule has 4 amide bonds. The molecule has 2 aromatic rings. The summed E-state index contributed by atoms with van der Waals surface area (Å²) in [5.41, 5.74) is 1.63. The van der Waals surface area contributed by atoms with Gasteiger partial charge in [0.2, 0.25) is 17.7 Å². The molecular weight excluding hydrogens is 422 g/mol. The Morgan fingerprint density at radius 2 is 1.79 bits per heavy atom. The molecule has 1 fully saturated rings. The lowest BCUT2D eigenvalue weighted by atomic mass is 9.72. The van der Waals surface area contributed by atoms with Crippen LogP contribution in [-0.2, 0) is 31.1 Å². The van der Waals surface area contributed by atoms with E-state index in [1.54, 1.807) is 12.1 Å². The van der Waals surface area contributed by atoms with E-state index in [4.69, 9.17) is 4.74 Å². The van der Waals surface area contributed by atoms with Crippen molar-refractivity contribution >= 4 is 29.5 Å². The number of imide groups is 1. The summed E-state index contributed by atoms with van der Waals surface area (Å²) in [7, 11) is 0. The van der Waals surface area contributed by atoms with Crippen LogP contribution in [0.2, 0.25) is 0 Å². The van der Waals surface area contributed by atoms with Gasteiger partial charge in [-0.25, -0.2) is 4.79 Å². The number of benzene rings is 2. The Balaban J connectivity index is 1.40. The van der Waals surface area contributed by atoms with Crippen molar-refractivity contribution in [1.82, 2.24) is 10.6 Å². The molecule has 174 valence electrons. The van der Waals surface area contributed by atoms with E-state index in [0.717, 1.165) is 11.1 Å². The van der Waals surface area contributed by atoms with E-state index in [1.165, 1.54) is 0 Å². The van der Waals surface area contributed by atoms with Crippen LogP contribution in [-0.4, -0.2) is 30.4 Å². The largest absolute Gasteiger partial charge is 0.445 e. The number of anilines is 1. The van der Waals surface area contributed by atoms with Crippen molar-refractivity contribution in [3.63, 3.8) is 0 Å². The van der Waals surface area contributed by atoms with Gasteiger partial charge in [-0.1, -0.05) is 49.4 Å². The molecule has 1 atom stereocenters. The first-order valence-electron chi connectivity index (χ1n) is 11.1. The third-order valence-electron chi connectivity index (χ3n) is 5.85. The molecule has 0 radical (unpaired) electrons. The highest BCUT2D eigenvalue weighted by Crippen LogP contribution is 2.36. The minimum absolute atomic E-state index is 0.173. The van der Waals surface area contributed by atoms with Crippen molar-refractivity contribution in [3.8, 4) is 0 Å². The summed E-state index contributed by atoms with van der Waals surface area (Å²) < 4.78 is 5.13. The van der Waals surface area contributed by atoms with E-state index in [9.17, 15) is 19.2 Å². The molecule has 0 aliphatic carbocycles. The lowest BCUT2D eigenvalue weighted by Crippen LogP contribution is -2.51. The number of hydrogen-bond donors (Lipinski definition) is 3. The number of piperidine rings is 1.